The molecule has 98 valence electrons. The molecule has 2 aliphatic rings. The Morgan fingerprint density at radius 1 is 1.41 bits per heavy atom. The second-order valence-corrected chi connectivity index (χ2v) is 5.46. The van der Waals surface area contributed by atoms with Crippen LogP contribution < -0.4 is 0 Å². The van der Waals surface area contributed by atoms with E-state index in [9.17, 15) is 9.90 Å². The first-order valence-corrected chi connectivity index (χ1v) is 6.59. The highest BCUT2D eigenvalue weighted by Crippen LogP contribution is 2.31. The van der Waals surface area contributed by atoms with E-state index in [0.717, 1.165) is 38.9 Å². The monoisotopic (exact) mass is 242 g/mol. The molecule has 2 fully saturated rings. The van der Waals surface area contributed by atoms with Crippen LogP contribution in [0.5, 0.6) is 0 Å². The maximum Gasteiger partial charge on any atom is 0.309 e. The van der Waals surface area contributed by atoms with Crippen molar-refractivity contribution in [3.63, 3.8) is 0 Å². The summed E-state index contributed by atoms with van der Waals surface area (Å²) < 4.78 is 11.1. The highest BCUT2D eigenvalue weighted by Gasteiger charge is 2.34. The van der Waals surface area contributed by atoms with Crippen molar-refractivity contribution in [2.24, 2.45) is 17.8 Å². The number of hydrogen-bond acceptors (Lipinski definition) is 3. The van der Waals surface area contributed by atoms with E-state index in [1.807, 2.05) is 0 Å². The largest absolute Gasteiger partial charge is 0.481 e. The summed E-state index contributed by atoms with van der Waals surface area (Å²) in [7, 11) is 0. The topological polar surface area (TPSA) is 55.8 Å². The van der Waals surface area contributed by atoms with E-state index in [2.05, 4.69) is 6.92 Å². The Kier molecular flexibility index (Phi) is 4.40. The molecular formula is C13H22O4. The number of hydrogen-bond donors (Lipinski definition) is 1. The third-order valence-electron chi connectivity index (χ3n) is 3.94. The van der Waals surface area contributed by atoms with Crippen LogP contribution in [0.3, 0.4) is 0 Å². The van der Waals surface area contributed by atoms with Crippen LogP contribution in [0.25, 0.3) is 0 Å². The third kappa shape index (κ3) is 3.42. The van der Waals surface area contributed by atoms with Crippen LogP contribution in [-0.2, 0) is 14.3 Å². The SMILES string of the molecule is CC1CCC(C(=O)O)C(OCC2CCOC2)C1. The third-order valence-corrected chi connectivity index (χ3v) is 3.94. The summed E-state index contributed by atoms with van der Waals surface area (Å²) in [6, 6.07) is 0. The Bertz CT molecular complexity index is 260. The molecule has 0 bridgehead atoms. The Hall–Kier alpha value is -0.610. The standard InChI is InChI=1S/C13H22O4/c1-9-2-3-11(13(14)15)12(6-9)17-8-10-4-5-16-7-10/h9-12H,2-8H2,1H3,(H,14,15). The second kappa shape index (κ2) is 5.83. The number of ether oxygens (including phenoxy) is 2. The van der Waals surface area contributed by atoms with Crippen molar-refractivity contribution in [3.05, 3.63) is 0 Å². The summed E-state index contributed by atoms with van der Waals surface area (Å²) in [6.45, 7) is 4.41. The van der Waals surface area contributed by atoms with Crippen molar-refractivity contribution < 1.29 is 19.4 Å². The molecule has 1 saturated heterocycles. The van der Waals surface area contributed by atoms with E-state index >= 15 is 0 Å². The first-order valence-electron chi connectivity index (χ1n) is 6.59. The molecule has 0 radical (unpaired) electrons. The van der Waals surface area contributed by atoms with Gasteiger partial charge in [0.2, 0.25) is 0 Å². The van der Waals surface area contributed by atoms with Gasteiger partial charge in [-0.2, -0.15) is 0 Å². The number of carboxylic acids is 1. The molecule has 0 aromatic rings. The van der Waals surface area contributed by atoms with Gasteiger partial charge in [0.1, 0.15) is 0 Å². The van der Waals surface area contributed by atoms with Gasteiger partial charge < -0.3 is 14.6 Å². The molecule has 1 N–H and O–H groups in total. The summed E-state index contributed by atoms with van der Waals surface area (Å²) in [5, 5.41) is 9.18. The molecule has 1 aliphatic heterocycles. The summed E-state index contributed by atoms with van der Waals surface area (Å²) in [4.78, 5) is 11.2. The first kappa shape index (κ1) is 12.8. The normalized spacial score (nSPS) is 38.2. The smallest absolute Gasteiger partial charge is 0.309 e. The minimum absolute atomic E-state index is 0.100. The predicted octanol–water partition coefficient (Wildman–Crippen LogP) is 1.93. The van der Waals surface area contributed by atoms with E-state index in [-0.39, 0.29) is 12.0 Å². The fraction of sp³-hybridized carbons (Fsp3) is 0.923. The molecule has 4 atom stereocenters. The average Bonchev–Trinajstić information content (AvgIpc) is 2.78. The zero-order valence-electron chi connectivity index (χ0n) is 10.4. The van der Waals surface area contributed by atoms with Crippen LogP contribution in [0.4, 0.5) is 0 Å². The van der Waals surface area contributed by atoms with Crippen LogP contribution in [0.15, 0.2) is 0 Å². The number of rotatable bonds is 4. The van der Waals surface area contributed by atoms with Gasteiger partial charge in [-0.25, -0.2) is 0 Å². The van der Waals surface area contributed by atoms with Crippen LogP contribution in [0, 0.1) is 17.8 Å². The van der Waals surface area contributed by atoms with Gasteiger partial charge in [-0.05, 0) is 31.6 Å². The summed E-state index contributed by atoms with van der Waals surface area (Å²) in [5.74, 6) is 0.0233. The highest BCUT2D eigenvalue weighted by molar-refractivity contribution is 5.70. The van der Waals surface area contributed by atoms with Gasteiger partial charge in [-0.15, -0.1) is 0 Å². The lowest BCUT2D eigenvalue weighted by Crippen LogP contribution is -2.37. The zero-order chi connectivity index (χ0) is 12.3. The Balaban J connectivity index is 1.83. The molecule has 0 aromatic carbocycles. The van der Waals surface area contributed by atoms with Crippen LogP contribution >= 0.6 is 0 Å². The first-order chi connectivity index (χ1) is 8.16. The molecule has 4 nitrogen and oxygen atoms in total. The molecule has 1 heterocycles. The van der Waals surface area contributed by atoms with Gasteiger partial charge in [0, 0.05) is 12.5 Å². The van der Waals surface area contributed by atoms with Crippen molar-refractivity contribution >= 4 is 5.97 Å². The van der Waals surface area contributed by atoms with E-state index in [1.165, 1.54) is 0 Å². The lowest BCUT2D eigenvalue weighted by Gasteiger charge is -2.32. The minimum atomic E-state index is -0.704. The van der Waals surface area contributed by atoms with Crippen molar-refractivity contribution in [1.29, 1.82) is 0 Å². The fourth-order valence-electron chi connectivity index (χ4n) is 2.77. The molecule has 2 rings (SSSR count). The molecule has 17 heavy (non-hydrogen) atoms. The molecule has 1 aliphatic carbocycles. The van der Waals surface area contributed by atoms with Crippen LogP contribution in [-0.4, -0.2) is 37.0 Å². The summed E-state index contributed by atoms with van der Waals surface area (Å²) >= 11 is 0. The molecule has 0 aromatic heterocycles. The molecule has 4 heteroatoms. The molecule has 0 amide bonds. The molecule has 1 saturated carbocycles. The second-order valence-electron chi connectivity index (χ2n) is 5.46. The number of carboxylic acid groups (broad SMARTS) is 1. The lowest BCUT2D eigenvalue weighted by atomic mass is 9.80. The fourth-order valence-corrected chi connectivity index (χ4v) is 2.77. The molecular weight excluding hydrogens is 220 g/mol. The molecule has 4 unspecified atom stereocenters. The minimum Gasteiger partial charge on any atom is -0.481 e. The highest BCUT2D eigenvalue weighted by atomic mass is 16.5. The Labute approximate surface area is 102 Å². The maximum absolute atomic E-state index is 11.2. The van der Waals surface area contributed by atoms with Gasteiger partial charge in [0.05, 0.1) is 25.2 Å². The summed E-state index contributed by atoms with van der Waals surface area (Å²) in [5.41, 5.74) is 0. The van der Waals surface area contributed by atoms with Crippen molar-refractivity contribution in [2.75, 3.05) is 19.8 Å². The van der Waals surface area contributed by atoms with E-state index in [0.29, 0.717) is 18.4 Å². The van der Waals surface area contributed by atoms with Crippen molar-refractivity contribution in [1.82, 2.24) is 0 Å². The number of carbonyl (C=O) groups is 1. The van der Waals surface area contributed by atoms with Gasteiger partial charge in [0.25, 0.3) is 0 Å². The average molecular weight is 242 g/mol. The Morgan fingerprint density at radius 2 is 2.24 bits per heavy atom. The van der Waals surface area contributed by atoms with Crippen molar-refractivity contribution in [3.8, 4) is 0 Å². The zero-order valence-corrected chi connectivity index (χ0v) is 10.4. The predicted molar refractivity (Wildman–Crippen MR) is 62.8 cm³/mol. The van der Waals surface area contributed by atoms with Crippen LogP contribution in [0.1, 0.15) is 32.6 Å². The van der Waals surface area contributed by atoms with E-state index < -0.39 is 5.97 Å². The lowest BCUT2D eigenvalue weighted by molar-refractivity contribution is -0.151. The Morgan fingerprint density at radius 3 is 2.88 bits per heavy atom. The number of aliphatic carboxylic acids is 1. The quantitative estimate of drug-likeness (QED) is 0.818. The van der Waals surface area contributed by atoms with Gasteiger partial charge >= 0.3 is 5.97 Å². The van der Waals surface area contributed by atoms with E-state index in [1.54, 1.807) is 0 Å². The van der Waals surface area contributed by atoms with E-state index in [4.69, 9.17) is 9.47 Å². The van der Waals surface area contributed by atoms with Crippen LogP contribution in [0.2, 0.25) is 0 Å². The van der Waals surface area contributed by atoms with Gasteiger partial charge in [0.15, 0.2) is 0 Å². The molecule has 0 spiro atoms. The maximum atomic E-state index is 11.2. The summed E-state index contributed by atoms with van der Waals surface area (Å²) in [6.07, 6.45) is 3.58. The van der Waals surface area contributed by atoms with Gasteiger partial charge in [-0.1, -0.05) is 6.92 Å². The van der Waals surface area contributed by atoms with Gasteiger partial charge in [-0.3, -0.25) is 4.79 Å². The van der Waals surface area contributed by atoms with Crippen molar-refractivity contribution in [2.45, 2.75) is 38.7 Å².